The van der Waals surface area contributed by atoms with E-state index in [2.05, 4.69) is 26.6 Å². The molecule has 3 fully saturated rings. The molecule has 0 aliphatic carbocycles. The summed E-state index contributed by atoms with van der Waals surface area (Å²) in [7, 11) is 0. The van der Waals surface area contributed by atoms with Gasteiger partial charge in [0.15, 0.2) is 12.6 Å². The van der Waals surface area contributed by atoms with Gasteiger partial charge in [-0.15, -0.1) is 0 Å². The maximum Gasteiger partial charge on any atom is 0.326 e. The third kappa shape index (κ3) is 13.7. The molecule has 59 heavy (non-hydrogen) atoms. The molecular weight excluding hydrogens is 796 g/mol. The summed E-state index contributed by atoms with van der Waals surface area (Å²) in [5.41, 5.74) is 5.45. The lowest BCUT2D eigenvalue weighted by atomic mass is 9.95. The highest BCUT2D eigenvalue weighted by molar-refractivity contribution is 5.94. The first-order valence-electron chi connectivity index (χ1n) is 18.7. The van der Waals surface area contributed by atoms with Crippen LogP contribution in [-0.4, -0.2) is 183 Å². The van der Waals surface area contributed by atoms with Gasteiger partial charge in [0.1, 0.15) is 79.0 Å². The number of nitrogens with two attached hydrogens (primary N) is 1. The van der Waals surface area contributed by atoms with Crippen molar-refractivity contribution in [3.8, 4) is 0 Å². The Kier molecular flexibility index (Phi) is 18.3. The van der Waals surface area contributed by atoms with Crippen LogP contribution in [0.1, 0.15) is 59.8 Å². The highest BCUT2D eigenvalue weighted by atomic mass is 16.8. The zero-order valence-electron chi connectivity index (χ0n) is 32.7. The summed E-state index contributed by atoms with van der Waals surface area (Å²) >= 11 is 0. The first kappa shape index (κ1) is 48.8. The van der Waals surface area contributed by atoms with Gasteiger partial charge in [-0.25, -0.2) is 4.79 Å². The van der Waals surface area contributed by atoms with Crippen molar-refractivity contribution in [2.45, 2.75) is 151 Å². The Balaban J connectivity index is 1.76. The first-order valence-corrected chi connectivity index (χ1v) is 18.7. The van der Waals surface area contributed by atoms with E-state index in [0.717, 1.165) is 6.92 Å². The molecule has 3 heterocycles. The smallest absolute Gasteiger partial charge is 0.326 e. The quantitative estimate of drug-likeness (QED) is 0.0483. The van der Waals surface area contributed by atoms with Crippen LogP contribution >= 0.6 is 0 Å². The Hall–Kier alpha value is -4.60. The molecule has 25 heteroatoms. The summed E-state index contributed by atoms with van der Waals surface area (Å²) in [6, 6.07) is -8.34. The molecule has 3 aliphatic rings. The zero-order valence-corrected chi connectivity index (χ0v) is 32.7. The van der Waals surface area contributed by atoms with Gasteiger partial charge in [0.2, 0.25) is 29.5 Å². The molecule has 5 amide bonds. The van der Waals surface area contributed by atoms with Crippen LogP contribution in [0.25, 0.3) is 0 Å². The maximum absolute atomic E-state index is 13.5. The number of carbonyl (C=O) groups excluding carboxylic acids is 5. The van der Waals surface area contributed by atoms with E-state index in [1.54, 1.807) is 0 Å². The van der Waals surface area contributed by atoms with Gasteiger partial charge in [-0.05, 0) is 39.5 Å². The third-order valence-electron chi connectivity index (χ3n) is 9.69. The van der Waals surface area contributed by atoms with E-state index < -0.39 is 158 Å². The molecule has 3 rings (SSSR count). The minimum Gasteiger partial charge on any atom is -0.481 e. The highest BCUT2D eigenvalue weighted by Crippen LogP contribution is 2.35. The number of hydrogen-bond donors (Lipinski definition) is 12. The van der Waals surface area contributed by atoms with Crippen molar-refractivity contribution < 1.29 is 92.7 Å². The molecule has 334 valence electrons. The zero-order chi connectivity index (χ0) is 44.3. The number of nitrogens with one attached hydrogen (secondary N) is 5. The first-order chi connectivity index (χ1) is 27.6. The number of amides is 5. The van der Waals surface area contributed by atoms with E-state index in [-0.39, 0.29) is 25.9 Å². The van der Waals surface area contributed by atoms with E-state index in [0.29, 0.717) is 0 Å². The highest BCUT2D eigenvalue weighted by Gasteiger charge is 2.56. The molecule has 0 aromatic rings. The molecule has 2 bridgehead atoms. The van der Waals surface area contributed by atoms with E-state index >= 15 is 0 Å². The molecule has 0 aromatic heterocycles. The number of carboxylic acid groups (broad SMARTS) is 3. The summed E-state index contributed by atoms with van der Waals surface area (Å²) in [6.07, 6.45) is -13.7. The molecule has 3 saturated heterocycles. The molecule has 0 radical (unpaired) electrons. The van der Waals surface area contributed by atoms with Crippen LogP contribution in [-0.2, 0) is 62.0 Å². The molecule has 13 N–H and O–H groups in total. The summed E-state index contributed by atoms with van der Waals surface area (Å²) in [5, 5.41) is 70.8. The van der Waals surface area contributed by atoms with Crippen molar-refractivity contribution in [3.05, 3.63) is 0 Å². The summed E-state index contributed by atoms with van der Waals surface area (Å²) in [5.74, 6) is -8.28. The standard InChI is InChI=1S/C34H54N6O19/c1-12(28(48)39-17(8-9-21(44)45)30(50)40-18(32(53)54)7-5-6-16(35)31(51)52)36-29(49)13(2)56-27-23(38-15(4)43)33-55-11-20(58-33)26(27)59-34-22(37-14(3)42)25(47)24(46)19(10-41)57-34/h12-13,16-20,22-27,33-34,41,46-47H,5-11,35H2,1-4H3,(H,36,49)(H,37,42)(H,38,43)(H,39,48)(H,40,50)(H,44,45)(H,51,52)(H,53,54)/t12-,13?,16+,17-,18-,19+,20+,22+,23+,24+,25+,26+,27+,33+,34-/m0/s1. The largest absolute Gasteiger partial charge is 0.481 e. The van der Waals surface area contributed by atoms with E-state index in [1.165, 1.54) is 20.8 Å². The Morgan fingerprint density at radius 1 is 0.763 bits per heavy atom. The second-order valence-electron chi connectivity index (χ2n) is 14.4. The number of aliphatic hydroxyl groups excluding tert-OH is 3. The molecular formula is C34H54N6O19. The maximum atomic E-state index is 13.5. The predicted molar refractivity (Wildman–Crippen MR) is 192 cm³/mol. The number of aliphatic hydroxyl groups is 3. The monoisotopic (exact) mass is 850 g/mol. The van der Waals surface area contributed by atoms with Gasteiger partial charge in [-0.1, -0.05) is 0 Å². The number of ether oxygens (including phenoxy) is 5. The topological polar surface area (TPSA) is 390 Å². The normalized spacial score (nSPS) is 30.0. The SMILES string of the molecule is CC(=O)N[C@H]1[C@H](O[C@H]2[C@H](OC(C)C(=O)N[C@@H](C)C(=O)N[C@@H](CCC(=O)O)C(=O)N[C@@H](CCC[C@@H](N)C(=O)O)C(=O)O)[C@@H](NC(C)=O)[C@@H]3OC[C@H]2O3)O[C@H](CO)[C@@H](O)[C@@H]1O. The Morgan fingerprint density at radius 3 is 1.97 bits per heavy atom. The summed E-state index contributed by atoms with van der Waals surface area (Å²) in [6.45, 7) is 3.98. The van der Waals surface area contributed by atoms with Gasteiger partial charge >= 0.3 is 17.9 Å². The summed E-state index contributed by atoms with van der Waals surface area (Å²) < 4.78 is 29.6. The van der Waals surface area contributed by atoms with E-state index in [9.17, 15) is 63.9 Å². The Bertz CT molecular complexity index is 1540. The Labute approximate surface area is 336 Å². The van der Waals surface area contributed by atoms with E-state index in [1.807, 2.05) is 0 Å². The van der Waals surface area contributed by atoms with Crippen molar-refractivity contribution in [1.82, 2.24) is 26.6 Å². The van der Waals surface area contributed by atoms with Gasteiger partial charge in [-0.2, -0.15) is 0 Å². The molecule has 0 saturated carbocycles. The van der Waals surface area contributed by atoms with Gasteiger partial charge < -0.3 is 86.6 Å². The number of aliphatic carboxylic acids is 3. The fourth-order valence-corrected chi connectivity index (χ4v) is 6.55. The average Bonchev–Trinajstić information content (AvgIpc) is 3.60. The molecule has 25 nitrogen and oxygen atoms in total. The lowest BCUT2D eigenvalue weighted by Crippen LogP contribution is -2.68. The second kappa shape index (κ2) is 22.1. The molecule has 0 aromatic carbocycles. The van der Waals surface area contributed by atoms with Crippen LogP contribution in [0.3, 0.4) is 0 Å². The number of carbonyl (C=O) groups is 8. The number of fused-ring (bicyclic) bond motifs is 2. The second-order valence-corrected chi connectivity index (χ2v) is 14.4. The number of rotatable bonds is 22. The number of hydrogen-bond acceptors (Lipinski definition) is 17. The lowest BCUT2D eigenvalue weighted by molar-refractivity contribution is -0.313. The van der Waals surface area contributed by atoms with Crippen molar-refractivity contribution >= 4 is 47.4 Å². The van der Waals surface area contributed by atoms with Crippen LogP contribution in [0, 0.1) is 0 Å². The number of carboxylic acids is 3. The van der Waals surface area contributed by atoms with Gasteiger partial charge in [0.25, 0.3) is 0 Å². The Morgan fingerprint density at radius 2 is 1.39 bits per heavy atom. The van der Waals surface area contributed by atoms with Crippen molar-refractivity contribution in [3.63, 3.8) is 0 Å². The van der Waals surface area contributed by atoms with Crippen molar-refractivity contribution in [2.75, 3.05) is 13.2 Å². The minimum absolute atomic E-state index is 0.00969. The summed E-state index contributed by atoms with van der Waals surface area (Å²) in [4.78, 5) is 98.3. The molecule has 1 unspecified atom stereocenters. The lowest BCUT2D eigenvalue weighted by Gasteiger charge is -2.47. The van der Waals surface area contributed by atoms with Gasteiger partial charge in [0, 0.05) is 20.3 Å². The minimum atomic E-state index is -1.68. The van der Waals surface area contributed by atoms with Crippen LogP contribution in [0.2, 0.25) is 0 Å². The van der Waals surface area contributed by atoms with Crippen LogP contribution in [0.15, 0.2) is 0 Å². The predicted octanol–water partition coefficient (Wildman–Crippen LogP) is -5.65. The van der Waals surface area contributed by atoms with Gasteiger partial charge in [0.05, 0.1) is 13.2 Å². The van der Waals surface area contributed by atoms with Crippen LogP contribution < -0.4 is 32.3 Å². The average molecular weight is 851 g/mol. The van der Waals surface area contributed by atoms with Crippen LogP contribution in [0.5, 0.6) is 0 Å². The molecule has 0 spiro atoms. The van der Waals surface area contributed by atoms with Crippen LogP contribution in [0.4, 0.5) is 0 Å². The van der Waals surface area contributed by atoms with Crippen molar-refractivity contribution in [2.24, 2.45) is 5.73 Å². The van der Waals surface area contributed by atoms with E-state index in [4.69, 9.17) is 34.5 Å². The molecule has 3 aliphatic heterocycles. The van der Waals surface area contributed by atoms with Crippen molar-refractivity contribution in [1.29, 1.82) is 0 Å². The molecule has 15 atom stereocenters. The van der Waals surface area contributed by atoms with Gasteiger partial charge in [-0.3, -0.25) is 33.6 Å². The fraction of sp³-hybridized carbons (Fsp3) is 0.765. The third-order valence-corrected chi connectivity index (χ3v) is 9.69. The fourth-order valence-electron chi connectivity index (χ4n) is 6.55.